The van der Waals surface area contributed by atoms with Crippen LogP contribution < -0.4 is 16.0 Å². The standard InChI is InChI=1S/C20H28F2N4O2/c1-10-14(20(28)26-16-5-6-24-17(9-23)19(10)16)8-18(27)25-11(2)13-4-3-12(21)7-15(13)22/h11-13,15-17,19,24H,3-8H2,1-2H3,(H,25,27)(H,26,28)/t11-,12?,13?,15?,16?,17?,19?/m1/s1. The number of nitrogens with one attached hydrogen (secondary N) is 3. The summed E-state index contributed by atoms with van der Waals surface area (Å²) in [6.07, 6.45) is -1.18. The average Bonchev–Trinajstić information content (AvgIpc) is 2.64. The van der Waals surface area contributed by atoms with Crippen LogP contribution in [0.1, 0.15) is 46.0 Å². The predicted molar refractivity (Wildman–Crippen MR) is 99.5 cm³/mol. The molecule has 2 fully saturated rings. The van der Waals surface area contributed by atoms with Gasteiger partial charge < -0.3 is 16.0 Å². The van der Waals surface area contributed by atoms with E-state index in [0.29, 0.717) is 25.0 Å². The molecule has 0 aromatic carbocycles. The Kier molecular flexibility index (Phi) is 6.33. The Labute approximate surface area is 164 Å². The number of fused-ring (bicyclic) bond motifs is 1. The zero-order valence-electron chi connectivity index (χ0n) is 16.3. The van der Waals surface area contributed by atoms with Crippen molar-refractivity contribution in [2.45, 2.75) is 76.4 Å². The molecule has 7 atom stereocenters. The normalized spacial score (nSPS) is 36.8. The number of carbonyl (C=O) groups is 2. The minimum Gasteiger partial charge on any atom is -0.353 e. The lowest BCUT2D eigenvalue weighted by molar-refractivity contribution is -0.125. The summed E-state index contributed by atoms with van der Waals surface area (Å²) in [5.74, 6) is -1.21. The third kappa shape index (κ3) is 4.19. The summed E-state index contributed by atoms with van der Waals surface area (Å²) < 4.78 is 27.5. The summed E-state index contributed by atoms with van der Waals surface area (Å²) >= 11 is 0. The van der Waals surface area contributed by atoms with Crippen molar-refractivity contribution in [2.75, 3.05) is 6.54 Å². The molecule has 3 aliphatic rings. The van der Waals surface area contributed by atoms with Crippen LogP contribution in [-0.2, 0) is 9.59 Å². The highest BCUT2D eigenvalue weighted by Gasteiger charge is 2.41. The zero-order valence-corrected chi connectivity index (χ0v) is 16.3. The summed E-state index contributed by atoms with van der Waals surface area (Å²) in [7, 11) is 0. The first-order valence-electron chi connectivity index (χ1n) is 10.0. The predicted octanol–water partition coefficient (Wildman–Crippen LogP) is 1.67. The van der Waals surface area contributed by atoms with E-state index < -0.39 is 30.3 Å². The van der Waals surface area contributed by atoms with Gasteiger partial charge in [0, 0.05) is 35.9 Å². The number of rotatable bonds is 4. The first-order chi connectivity index (χ1) is 13.3. The molecule has 2 heterocycles. The number of piperidine rings is 1. The van der Waals surface area contributed by atoms with Gasteiger partial charge in [-0.05, 0) is 39.7 Å². The number of carbonyl (C=O) groups excluding carboxylic acids is 2. The van der Waals surface area contributed by atoms with Crippen LogP contribution in [0.15, 0.2) is 11.1 Å². The van der Waals surface area contributed by atoms with E-state index in [-0.39, 0.29) is 36.6 Å². The fourth-order valence-corrected chi connectivity index (χ4v) is 4.86. The first kappa shape index (κ1) is 20.7. The van der Waals surface area contributed by atoms with Crippen molar-refractivity contribution < 1.29 is 18.4 Å². The summed E-state index contributed by atoms with van der Waals surface area (Å²) in [4.78, 5) is 25.0. The van der Waals surface area contributed by atoms with Gasteiger partial charge in [-0.2, -0.15) is 5.26 Å². The first-order valence-corrected chi connectivity index (χ1v) is 10.0. The van der Waals surface area contributed by atoms with Crippen molar-refractivity contribution in [1.82, 2.24) is 16.0 Å². The molecule has 154 valence electrons. The molecule has 3 N–H and O–H groups in total. The molecule has 2 amide bonds. The highest BCUT2D eigenvalue weighted by atomic mass is 19.1. The zero-order chi connectivity index (χ0) is 20.4. The van der Waals surface area contributed by atoms with E-state index >= 15 is 0 Å². The second kappa shape index (κ2) is 8.56. The summed E-state index contributed by atoms with van der Waals surface area (Å²) in [6, 6.07) is 1.30. The van der Waals surface area contributed by atoms with Gasteiger partial charge in [0.25, 0.3) is 0 Å². The molecule has 8 heteroatoms. The second-order valence-electron chi connectivity index (χ2n) is 8.24. The maximum Gasteiger partial charge on any atom is 0.247 e. The highest BCUT2D eigenvalue weighted by molar-refractivity contribution is 6.00. The Morgan fingerprint density at radius 1 is 1.36 bits per heavy atom. The van der Waals surface area contributed by atoms with Crippen LogP contribution in [0.2, 0.25) is 0 Å². The van der Waals surface area contributed by atoms with Gasteiger partial charge >= 0.3 is 0 Å². The van der Waals surface area contributed by atoms with Gasteiger partial charge in [-0.3, -0.25) is 9.59 Å². The SMILES string of the molecule is CC1=C(CC(=O)N[C@H](C)C2CCC(F)CC2F)C(=O)NC2CCNC(C#N)C12. The highest BCUT2D eigenvalue weighted by Crippen LogP contribution is 2.33. The van der Waals surface area contributed by atoms with Gasteiger partial charge in [0.2, 0.25) is 11.8 Å². The molecule has 1 saturated heterocycles. The summed E-state index contributed by atoms with van der Waals surface area (Å²) in [6.45, 7) is 4.19. The van der Waals surface area contributed by atoms with Crippen LogP contribution in [0, 0.1) is 23.2 Å². The Morgan fingerprint density at radius 2 is 2.11 bits per heavy atom. The van der Waals surface area contributed by atoms with E-state index in [1.54, 1.807) is 13.8 Å². The molecule has 0 spiro atoms. The number of nitrogens with zero attached hydrogens (tertiary/aromatic N) is 1. The van der Waals surface area contributed by atoms with Crippen LogP contribution >= 0.6 is 0 Å². The Bertz CT molecular complexity index is 705. The van der Waals surface area contributed by atoms with Gasteiger partial charge in [-0.15, -0.1) is 0 Å². The molecule has 0 aromatic rings. The fourth-order valence-electron chi connectivity index (χ4n) is 4.86. The number of amides is 2. The van der Waals surface area contributed by atoms with Crippen molar-refractivity contribution in [3.05, 3.63) is 11.1 Å². The third-order valence-corrected chi connectivity index (χ3v) is 6.44. The molecule has 6 unspecified atom stereocenters. The van der Waals surface area contributed by atoms with Crippen molar-refractivity contribution in [2.24, 2.45) is 11.8 Å². The van der Waals surface area contributed by atoms with E-state index in [1.807, 2.05) is 0 Å². The van der Waals surface area contributed by atoms with Crippen molar-refractivity contribution >= 4 is 11.8 Å². The Balaban J connectivity index is 1.67. The van der Waals surface area contributed by atoms with E-state index in [2.05, 4.69) is 22.0 Å². The lowest BCUT2D eigenvalue weighted by Crippen LogP contribution is -2.58. The molecule has 1 saturated carbocycles. The van der Waals surface area contributed by atoms with E-state index in [0.717, 1.165) is 12.0 Å². The molecule has 6 nitrogen and oxygen atoms in total. The molecular weight excluding hydrogens is 366 g/mol. The van der Waals surface area contributed by atoms with Gasteiger partial charge in [-0.25, -0.2) is 8.78 Å². The van der Waals surface area contributed by atoms with Crippen LogP contribution in [0.4, 0.5) is 8.78 Å². The molecule has 28 heavy (non-hydrogen) atoms. The Hall–Kier alpha value is -2.01. The van der Waals surface area contributed by atoms with Gasteiger partial charge in [0.1, 0.15) is 18.4 Å². The minimum absolute atomic E-state index is 0.104. The lowest BCUT2D eigenvalue weighted by atomic mass is 9.76. The topological polar surface area (TPSA) is 94.0 Å². The van der Waals surface area contributed by atoms with E-state index in [1.165, 1.54) is 0 Å². The van der Waals surface area contributed by atoms with Crippen molar-refractivity contribution in [1.29, 1.82) is 5.26 Å². The van der Waals surface area contributed by atoms with Crippen LogP contribution in [0.25, 0.3) is 0 Å². The molecule has 1 aliphatic carbocycles. The number of hydrogen-bond donors (Lipinski definition) is 3. The van der Waals surface area contributed by atoms with Crippen LogP contribution in [0.5, 0.6) is 0 Å². The summed E-state index contributed by atoms with van der Waals surface area (Å²) in [5, 5.41) is 18.3. The van der Waals surface area contributed by atoms with Crippen LogP contribution in [0.3, 0.4) is 0 Å². The molecule has 3 rings (SSSR count). The number of hydrogen-bond acceptors (Lipinski definition) is 4. The van der Waals surface area contributed by atoms with Crippen LogP contribution in [-0.4, -0.2) is 48.8 Å². The van der Waals surface area contributed by atoms with Gasteiger partial charge in [-0.1, -0.05) is 5.57 Å². The average molecular weight is 394 g/mol. The largest absolute Gasteiger partial charge is 0.353 e. The molecular formula is C20H28F2N4O2. The smallest absolute Gasteiger partial charge is 0.247 e. The summed E-state index contributed by atoms with van der Waals surface area (Å²) in [5.41, 5.74) is 1.13. The van der Waals surface area contributed by atoms with E-state index in [9.17, 15) is 23.6 Å². The number of alkyl halides is 2. The second-order valence-corrected chi connectivity index (χ2v) is 8.24. The Morgan fingerprint density at radius 3 is 2.79 bits per heavy atom. The van der Waals surface area contributed by atoms with Crippen molar-refractivity contribution in [3.8, 4) is 6.07 Å². The van der Waals surface area contributed by atoms with Crippen molar-refractivity contribution in [3.63, 3.8) is 0 Å². The number of halogens is 2. The maximum atomic E-state index is 14.1. The molecule has 0 radical (unpaired) electrons. The number of nitriles is 1. The molecule has 0 bridgehead atoms. The molecule has 2 aliphatic heterocycles. The quantitative estimate of drug-likeness (QED) is 0.676. The van der Waals surface area contributed by atoms with E-state index in [4.69, 9.17) is 0 Å². The monoisotopic (exact) mass is 394 g/mol. The van der Waals surface area contributed by atoms with Gasteiger partial charge in [0.15, 0.2) is 0 Å². The fraction of sp³-hybridized carbons (Fsp3) is 0.750. The molecule has 0 aromatic heterocycles. The lowest BCUT2D eigenvalue weighted by Gasteiger charge is -2.41. The third-order valence-electron chi connectivity index (χ3n) is 6.44. The maximum absolute atomic E-state index is 14.1. The minimum atomic E-state index is -1.27. The van der Waals surface area contributed by atoms with Gasteiger partial charge in [0.05, 0.1) is 12.5 Å².